The number of amides is 1. The average molecular weight is 394 g/mol. The zero-order chi connectivity index (χ0) is 20.6. The molecule has 1 saturated heterocycles. The summed E-state index contributed by atoms with van der Waals surface area (Å²) in [6.07, 6.45) is 0.102. The SMILES string of the molecule is CC(C)[C@H](C[C@H](O)[C@@H](N)Cc1ccccc1)C(=O)NCC[N+]1([O-])CCOCC1. The molecule has 1 aliphatic heterocycles. The van der Waals surface area contributed by atoms with E-state index in [1.54, 1.807) is 0 Å². The number of nitrogens with two attached hydrogens (primary N) is 1. The van der Waals surface area contributed by atoms with Crippen molar-refractivity contribution in [2.24, 2.45) is 17.6 Å². The van der Waals surface area contributed by atoms with E-state index in [2.05, 4.69) is 5.32 Å². The summed E-state index contributed by atoms with van der Waals surface area (Å²) < 4.78 is 4.91. The monoisotopic (exact) mass is 393 g/mol. The second-order valence-corrected chi connectivity index (χ2v) is 8.14. The van der Waals surface area contributed by atoms with Crippen molar-refractivity contribution in [3.8, 4) is 0 Å². The summed E-state index contributed by atoms with van der Waals surface area (Å²) in [5, 5.41) is 25.9. The summed E-state index contributed by atoms with van der Waals surface area (Å²) >= 11 is 0. The topological polar surface area (TPSA) is 108 Å². The Labute approximate surface area is 168 Å². The van der Waals surface area contributed by atoms with Gasteiger partial charge in [0.05, 0.1) is 32.4 Å². The quantitative estimate of drug-likeness (QED) is 0.407. The molecule has 0 saturated carbocycles. The van der Waals surface area contributed by atoms with Crippen LogP contribution in [-0.4, -0.2) is 67.2 Å². The predicted octanol–water partition coefficient (Wildman–Crippen LogP) is 1.04. The minimum absolute atomic E-state index is 0.0670. The number of morpholine rings is 1. The van der Waals surface area contributed by atoms with Crippen LogP contribution in [0.2, 0.25) is 0 Å². The zero-order valence-corrected chi connectivity index (χ0v) is 17.0. The van der Waals surface area contributed by atoms with Crippen LogP contribution in [0.4, 0.5) is 0 Å². The van der Waals surface area contributed by atoms with Gasteiger partial charge in [0.1, 0.15) is 13.1 Å². The van der Waals surface area contributed by atoms with E-state index >= 15 is 0 Å². The van der Waals surface area contributed by atoms with Crippen LogP contribution < -0.4 is 11.1 Å². The van der Waals surface area contributed by atoms with Crippen molar-refractivity contribution in [3.05, 3.63) is 41.1 Å². The van der Waals surface area contributed by atoms with Gasteiger partial charge in [-0.15, -0.1) is 0 Å². The van der Waals surface area contributed by atoms with Gasteiger partial charge < -0.3 is 30.7 Å². The van der Waals surface area contributed by atoms with Crippen molar-refractivity contribution in [2.75, 3.05) is 39.4 Å². The van der Waals surface area contributed by atoms with Crippen LogP contribution in [0.1, 0.15) is 25.8 Å². The molecule has 0 aliphatic carbocycles. The maximum atomic E-state index is 12.7. The van der Waals surface area contributed by atoms with Gasteiger partial charge in [-0.3, -0.25) is 4.79 Å². The molecular weight excluding hydrogens is 358 g/mol. The Morgan fingerprint density at radius 3 is 2.54 bits per heavy atom. The number of rotatable bonds is 10. The van der Waals surface area contributed by atoms with Crippen molar-refractivity contribution in [3.63, 3.8) is 0 Å². The van der Waals surface area contributed by atoms with Crippen molar-refractivity contribution in [2.45, 2.75) is 38.8 Å². The maximum absolute atomic E-state index is 12.7. The molecule has 0 bridgehead atoms. The third kappa shape index (κ3) is 7.14. The molecule has 7 nitrogen and oxygen atoms in total. The van der Waals surface area contributed by atoms with E-state index in [4.69, 9.17) is 10.5 Å². The van der Waals surface area contributed by atoms with Gasteiger partial charge in [0.15, 0.2) is 0 Å². The van der Waals surface area contributed by atoms with Gasteiger partial charge in [-0.1, -0.05) is 44.2 Å². The highest BCUT2D eigenvalue weighted by atomic mass is 16.6. The van der Waals surface area contributed by atoms with Gasteiger partial charge in [0, 0.05) is 12.0 Å². The molecule has 0 unspecified atom stereocenters. The molecule has 28 heavy (non-hydrogen) atoms. The van der Waals surface area contributed by atoms with Crippen LogP contribution in [0.25, 0.3) is 0 Å². The van der Waals surface area contributed by atoms with E-state index in [-0.39, 0.29) is 22.4 Å². The second-order valence-electron chi connectivity index (χ2n) is 8.14. The van der Waals surface area contributed by atoms with E-state index < -0.39 is 12.1 Å². The van der Waals surface area contributed by atoms with E-state index in [0.717, 1.165) is 5.56 Å². The Hall–Kier alpha value is -1.51. The molecule has 158 valence electrons. The van der Waals surface area contributed by atoms with Crippen LogP contribution in [0, 0.1) is 17.0 Å². The van der Waals surface area contributed by atoms with Crippen LogP contribution in [0.15, 0.2) is 30.3 Å². The van der Waals surface area contributed by atoms with E-state index in [1.807, 2.05) is 44.2 Å². The summed E-state index contributed by atoms with van der Waals surface area (Å²) in [4.78, 5) is 12.7. The van der Waals surface area contributed by atoms with E-state index in [0.29, 0.717) is 52.2 Å². The number of hydroxylamine groups is 3. The largest absolute Gasteiger partial charge is 0.633 e. The number of carbonyl (C=O) groups excluding carboxylic acids is 1. The van der Waals surface area contributed by atoms with Crippen LogP contribution in [0.3, 0.4) is 0 Å². The lowest BCUT2D eigenvalue weighted by molar-refractivity contribution is -0.887. The highest BCUT2D eigenvalue weighted by molar-refractivity contribution is 5.78. The molecule has 1 heterocycles. The Balaban J connectivity index is 1.82. The maximum Gasteiger partial charge on any atom is 0.223 e. The Bertz CT molecular complexity index is 591. The molecule has 0 aromatic heterocycles. The lowest BCUT2D eigenvalue weighted by atomic mass is 9.86. The average Bonchev–Trinajstić information content (AvgIpc) is 2.66. The highest BCUT2D eigenvalue weighted by Gasteiger charge is 2.28. The first-order valence-corrected chi connectivity index (χ1v) is 10.2. The molecule has 1 aromatic rings. The first kappa shape index (κ1) is 22.8. The predicted molar refractivity (Wildman–Crippen MR) is 109 cm³/mol. The van der Waals surface area contributed by atoms with Gasteiger partial charge in [0.2, 0.25) is 5.91 Å². The molecule has 1 fully saturated rings. The van der Waals surface area contributed by atoms with E-state index in [9.17, 15) is 15.1 Å². The number of benzene rings is 1. The normalized spacial score (nSPS) is 19.8. The van der Waals surface area contributed by atoms with Crippen LogP contribution in [0.5, 0.6) is 0 Å². The fourth-order valence-electron chi connectivity index (χ4n) is 3.55. The summed E-state index contributed by atoms with van der Waals surface area (Å²) in [6.45, 7) is 6.39. The van der Waals surface area contributed by atoms with Gasteiger partial charge in [0.25, 0.3) is 0 Å². The number of ether oxygens (including phenoxy) is 1. The number of aliphatic hydroxyl groups excluding tert-OH is 1. The fourth-order valence-corrected chi connectivity index (χ4v) is 3.55. The molecule has 3 atom stereocenters. The number of aliphatic hydroxyl groups is 1. The third-order valence-electron chi connectivity index (χ3n) is 5.55. The first-order chi connectivity index (χ1) is 13.3. The van der Waals surface area contributed by atoms with Gasteiger partial charge in [-0.05, 0) is 24.3 Å². The lowest BCUT2D eigenvalue weighted by Gasteiger charge is -2.45. The molecule has 4 N–H and O–H groups in total. The molecule has 0 spiro atoms. The third-order valence-corrected chi connectivity index (χ3v) is 5.55. The summed E-state index contributed by atoms with van der Waals surface area (Å²) in [7, 11) is 0. The Kier molecular flexibility index (Phi) is 8.85. The van der Waals surface area contributed by atoms with Gasteiger partial charge in [-0.25, -0.2) is 0 Å². The second kappa shape index (κ2) is 10.9. The van der Waals surface area contributed by atoms with Crippen molar-refractivity contribution in [1.82, 2.24) is 5.32 Å². The number of carbonyl (C=O) groups is 1. The summed E-state index contributed by atoms with van der Waals surface area (Å²) in [6, 6.07) is 9.35. The van der Waals surface area contributed by atoms with Crippen molar-refractivity contribution >= 4 is 5.91 Å². The standard InChI is InChI=1S/C21H35N3O4/c1-16(2)18(15-20(25)19(22)14-17-6-4-3-5-7-17)21(26)23-8-9-24(27)10-12-28-13-11-24/h3-7,16,18-20,25H,8-15,22H2,1-2H3,(H,23,26)/t18-,19-,20-/m0/s1. The molecule has 7 heteroatoms. The first-order valence-electron chi connectivity index (χ1n) is 10.2. The molecule has 1 aromatic carbocycles. The minimum atomic E-state index is -0.768. The van der Waals surface area contributed by atoms with Gasteiger partial charge in [-0.2, -0.15) is 0 Å². The fraction of sp³-hybridized carbons (Fsp3) is 0.667. The minimum Gasteiger partial charge on any atom is -0.633 e. The Morgan fingerprint density at radius 1 is 1.29 bits per heavy atom. The summed E-state index contributed by atoms with van der Waals surface area (Å²) in [5.41, 5.74) is 7.24. The number of hydrogen-bond donors (Lipinski definition) is 3. The van der Waals surface area contributed by atoms with Crippen molar-refractivity contribution < 1.29 is 19.3 Å². The molecule has 1 aliphatic rings. The summed E-state index contributed by atoms with van der Waals surface area (Å²) in [5.74, 6) is -0.403. The smallest absolute Gasteiger partial charge is 0.223 e. The van der Waals surface area contributed by atoms with E-state index in [1.165, 1.54) is 0 Å². The number of nitrogens with one attached hydrogen (secondary N) is 1. The van der Waals surface area contributed by atoms with Crippen molar-refractivity contribution in [1.29, 1.82) is 0 Å². The molecule has 2 rings (SSSR count). The lowest BCUT2D eigenvalue weighted by Crippen LogP contribution is -2.54. The molecule has 0 radical (unpaired) electrons. The Morgan fingerprint density at radius 2 is 1.93 bits per heavy atom. The van der Waals surface area contributed by atoms with Gasteiger partial charge >= 0.3 is 0 Å². The van der Waals surface area contributed by atoms with Crippen LogP contribution >= 0.6 is 0 Å². The molecule has 1 amide bonds. The van der Waals surface area contributed by atoms with Crippen LogP contribution in [-0.2, 0) is 16.0 Å². The number of hydrogen-bond acceptors (Lipinski definition) is 5. The zero-order valence-electron chi connectivity index (χ0n) is 17.0. The highest BCUT2D eigenvalue weighted by Crippen LogP contribution is 2.20. The number of quaternary nitrogens is 1. The molecular formula is C21H35N3O4. The number of nitrogens with zero attached hydrogens (tertiary/aromatic N) is 1.